The second kappa shape index (κ2) is 9.12. The molecule has 1 heterocycles. The normalized spacial score (nSPS) is 10.8. The molecule has 0 aliphatic carbocycles. The van der Waals surface area contributed by atoms with Crippen molar-refractivity contribution in [2.24, 2.45) is 12.8 Å². The predicted molar refractivity (Wildman–Crippen MR) is 123 cm³/mol. The first-order chi connectivity index (χ1) is 15.5. The summed E-state index contributed by atoms with van der Waals surface area (Å²) < 4.78 is 40.5. The van der Waals surface area contributed by atoms with Crippen molar-refractivity contribution >= 4 is 23.2 Å². The van der Waals surface area contributed by atoms with Crippen LogP contribution in [0.4, 0.5) is 24.7 Å². The number of benzene rings is 2. The average Bonchev–Trinajstić information content (AvgIpc) is 3.08. The molecule has 3 aromatic rings. The van der Waals surface area contributed by atoms with E-state index in [1.54, 1.807) is 43.1 Å². The molecule has 6 nitrogen and oxygen atoms in total. The van der Waals surface area contributed by atoms with E-state index in [-0.39, 0.29) is 17.1 Å². The minimum Gasteiger partial charge on any atom is -0.384 e. The van der Waals surface area contributed by atoms with Crippen LogP contribution in [0.15, 0.2) is 48.7 Å². The Morgan fingerprint density at radius 3 is 2.45 bits per heavy atom. The summed E-state index contributed by atoms with van der Waals surface area (Å²) in [6, 6.07) is 9.29. The van der Waals surface area contributed by atoms with E-state index in [4.69, 9.17) is 11.1 Å². The number of nitrogen functional groups attached to an aromatic ring is 1. The van der Waals surface area contributed by atoms with Crippen molar-refractivity contribution in [3.05, 3.63) is 82.0 Å². The monoisotopic (exact) mass is 453 g/mol. The fraction of sp³-hybridized carbons (Fsp3) is 0.167. The number of aromatic nitrogens is 1. The molecule has 0 saturated heterocycles. The molecule has 0 radical (unpaired) electrons. The Balaban J connectivity index is 1.91. The fourth-order valence-corrected chi connectivity index (χ4v) is 3.30. The van der Waals surface area contributed by atoms with E-state index in [9.17, 15) is 18.0 Å². The lowest BCUT2D eigenvalue weighted by molar-refractivity contribution is -0.137. The van der Waals surface area contributed by atoms with E-state index in [1.807, 2.05) is 6.92 Å². The Morgan fingerprint density at radius 2 is 1.82 bits per heavy atom. The molecule has 1 aromatic heterocycles. The Labute approximate surface area is 189 Å². The molecule has 170 valence electrons. The third-order valence-electron chi connectivity index (χ3n) is 4.97. The van der Waals surface area contributed by atoms with Crippen LogP contribution < -0.4 is 16.4 Å². The van der Waals surface area contributed by atoms with Crippen LogP contribution in [0.2, 0.25) is 0 Å². The van der Waals surface area contributed by atoms with Gasteiger partial charge >= 0.3 is 6.18 Å². The third-order valence-corrected chi connectivity index (χ3v) is 4.97. The molecular weight excluding hydrogens is 431 g/mol. The highest BCUT2D eigenvalue weighted by Gasteiger charge is 2.30. The lowest BCUT2D eigenvalue weighted by Crippen LogP contribution is -2.14. The maximum absolute atomic E-state index is 12.9. The van der Waals surface area contributed by atoms with Gasteiger partial charge in [0.2, 0.25) is 0 Å². The number of hydrogen-bond acceptors (Lipinski definition) is 3. The Kier molecular flexibility index (Phi) is 6.49. The maximum atomic E-state index is 12.9. The van der Waals surface area contributed by atoms with Gasteiger partial charge in [0.1, 0.15) is 11.7 Å². The highest BCUT2D eigenvalue weighted by atomic mass is 19.4. The van der Waals surface area contributed by atoms with Crippen LogP contribution in [0.25, 0.3) is 0 Å². The standard InChI is InChI=1S/C24H22F3N5O/c1-14-7-8-16(23(33)31-19-6-4-5-18(12-19)24(25,26)27)11-15(14)9-10-17-13-32(3)22(30-2)20(17)21(28)29/h4-8,11-13,30H,1-3H3,(H3,28,29)(H,31,33). The molecule has 33 heavy (non-hydrogen) atoms. The highest BCUT2D eigenvalue weighted by Crippen LogP contribution is 2.30. The summed E-state index contributed by atoms with van der Waals surface area (Å²) in [6.45, 7) is 1.83. The van der Waals surface area contributed by atoms with Gasteiger partial charge < -0.3 is 20.9 Å². The first-order valence-corrected chi connectivity index (χ1v) is 9.84. The van der Waals surface area contributed by atoms with Crippen molar-refractivity contribution < 1.29 is 18.0 Å². The first kappa shape index (κ1) is 23.5. The number of nitrogens with zero attached hydrogens (tertiary/aromatic N) is 1. The molecule has 9 heteroatoms. The lowest BCUT2D eigenvalue weighted by atomic mass is 10.0. The molecule has 0 spiro atoms. The van der Waals surface area contributed by atoms with E-state index < -0.39 is 17.6 Å². The average molecular weight is 453 g/mol. The van der Waals surface area contributed by atoms with Gasteiger partial charge in [-0.3, -0.25) is 10.2 Å². The van der Waals surface area contributed by atoms with Crippen molar-refractivity contribution in [2.45, 2.75) is 13.1 Å². The van der Waals surface area contributed by atoms with E-state index >= 15 is 0 Å². The number of amidine groups is 1. The Hall–Kier alpha value is -4.19. The number of carbonyl (C=O) groups excluding carboxylic acids is 1. The van der Waals surface area contributed by atoms with Crippen molar-refractivity contribution in [1.29, 1.82) is 5.41 Å². The van der Waals surface area contributed by atoms with Crippen LogP contribution in [0, 0.1) is 24.2 Å². The molecule has 0 fully saturated rings. The number of amides is 1. The van der Waals surface area contributed by atoms with Crippen LogP contribution in [0.1, 0.15) is 38.2 Å². The molecule has 0 atom stereocenters. The highest BCUT2D eigenvalue weighted by molar-refractivity contribution is 6.04. The second-order valence-corrected chi connectivity index (χ2v) is 7.35. The molecule has 1 amide bonds. The molecule has 2 aromatic carbocycles. The van der Waals surface area contributed by atoms with Crippen LogP contribution >= 0.6 is 0 Å². The second-order valence-electron chi connectivity index (χ2n) is 7.35. The zero-order valence-corrected chi connectivity index (χ0v) is 18.2. The largest absolute Gasteiger partial charge is 0.416 e. The molecule has 0 bridgehead atoms. The van der Waals surface area contributed by atoms with Crippen LogP contribution in [-0.4, -0.2) is 23.4 Å². The van der Waals surface area contributed by atoms with Gasteiger partial charge in [0, 0.05) is 37.1 Å². The summed E-state index contributed by atoms with van der Waals surface area (Å²) in [5, 5.41) is 13.3. The van der Waals surface area contributed by atoms with E-state index in [1.165, 1.54) is 12.1 Å². The van der Waals surface area contributed by atoms with Gasteiger partial charge in [-0.05, 0) is 42.8 Å². The first-order valence-electron chi connectivity index (χ1n) is 9.84. The number of alkyl halides is 3. The minimum absolute atomic E-state index is 0.0398. The molecule has 0 aliphatic heterocycles. The lowest BCUT2D eigenvalue weighted by Gasteiger charge is -2.10. The number of carbonyl (C=O) groups is 1. The SMILES string of the molecule is CNc1c(C(=N)N)c(C#Cc2cc(C(=O)Nc3cccc(C(F)(F)F)c3)ccc2C)cn1C. The number of anilines is 2. The quantitative estimate of drug-likeness (QED) is 0.269. The number of hydrogen-bond donors (Lipinski definition) is 4. The van der Waals surface area contributed by atoms with Crippen LogP contribution in [0.3, 0.4) is 0 Å². The summed E-state index contributed by atoms with van der Waals surface area (Å²) >= 11 is 0. The zero-order valence-electron chi connectivity index (χ0n) is 18.2. The molecule has 0 saturated carbocycles. The van der Waals surface area contributed by atoms with Gasteiger partial charge in [-0.2, -0.15) is 13.2 Å². The van der Waals surface area contributed by atoms with Crippen molar-refractivity contribution in [1.82, 2.24) is 4.57 Å². The summed E-state index contributed by atoms with van der Waals surface area (Å²) in [5.74, 6) is 5.97. The Morgan fingerprint density at radius 1 is 1.12 bits per heavy atom. The van der Waals surface area contributed by atoms with Gasteiger partial charge in [-0.15, -0.1) is 0 Å². The van der Waals surface area contributed by atoms with Gasteiger partial charge in [-0.1, -0.05) is 24.0 Å². The van der Waals surface area contributed by atoms with Gasteiger partial charge in [0.15, 0.2) is 0 Å². The molecule has 3 rings (SSSR count). The van der Waals surface area contributed by atoms with Crippen LogP contribution in [0.5, 0.6) is 0 Å². The van der Waals surface area contributed by atoms with Crippen LogP contribution in [-0.2, 0) is 13.2 Å². The Bertz CT molecular complexity index is 1300. The molecule has 0 unspecified atom stereocenters. The van der Waals surface area contributed by atoms with Crippen molar-refractivity contribution in [3.63, 3.8) is 0 Å². The van der Waals surface area contributed by atoms with Gasteiger partial charge in [-0.25, -0.2) is 0 Å². The fourth-order valence-electron chi connectivity index (χ4n) is 3.30. The minimum atomic E-state index is -4.50. The van der Waals surface area contributed by atoms with Gasteiger partial charge in [0.05, 0.1) is 16.7 Å². The smallest absolute Gasteiger partial charge is 0.384 e. The van der Waals surface area contributed by atoms with E-state index in [2.05, 4.69) is 22.5 Å². The maximum Gasteiger partial charge on any atom is 0.416 e. The third kappa shape index (κ3) is 5.18. The van der Waals surface area contributed by atoms with Crippen molar-refractivity contribution in [2.75, 3.05) is 17.7 Å². The number of nitrogens with one attached hydrogen (secondary N) is 3. The number of rotatable bonds is 4. The molecule has 0 aliphatic rings. The number of aryl methyl sites for hydroxylation is 2. The predicted octanol–water partition coefficient (Wildman–Crippen LogP) is 4.33. The summed E-state index contributed by atoms with van der Waals surface area (Å²) in [7, 11) is 3.52. The summed E-state index contributed by atoms with van der Waals surface area (Å²) in [4.78, 5) is 12.6. The van der Waals surface area contributed by atoms with E-state index in [0.29, 0.717) is 22.5 Å². The number of halogens is 3. The summed E-state index contributed by atoms with van der Waals surface area (Å²) in [6.07, 6.45) is -2.76. The van der Waals surface area contributed by atoms with Gasteiger partial charge in [0.25, 0.3) is 5.91 Å². The molecular formula is C24H22F3N5O. The number of nitrogens with two attached hydrogens (primary N) is 1. The molecule has 5 N–H and O–H groups in total. The van der Waals surface area contributed by atoms with Crippen molar-refractivity contribution in [3.8, 4) is 11.8 Å². The zero-order chi connectivity index (χ0) is 24.3. The topological polar surface area (TPSA) is 95.9 Å². The summed E-state index contributed by atoms with van der Waals surface area (Å²) in [5.41, 5.74) is 7.56. The van der Waals surface area contributed by atoms with E-state index in [0.717, 1.165) is 17.7 Å².